The van der Waals surface area contributed by atoms with Crippen molar-refractivity contribution in [2.75, 3.05) is 33.9 Å². The van der Waals surface area contributed by atoms with Crippen LogP contribution in [0.2, 0.25) is 0 Å². The van der Waals surface area contributed by atoms with Crippen LogP contribution in [0.15, 0.2) is 0 Å². The Morgan fingerprint density at radius 2 is 1.60 bits per heavy atom. The molecule has 1 unspecified atom stereocenters. The second kappa shape index (κ2) is 6.73. The van der Waals surface area contributed by atoms with E-state index in [-0.39, 0.29) is 11.8 Å². The SMILES string of the molecule is COC(OC)C(C)(CN)N1CCC2(CCCCC2)CC1. The molecule has 2 aliphatic rings. The molecular weight excluding hydrogens is 252 g/mol. The predicted molar refractivity (Wildman–Crippen MR) is 81.6 cm³/mol. The van der Waals surface area contributed by atoms with Crippen molar-refractivity contribution in [1.82, 2.24) is 4.90 Å². The van der Waals surface area contributed by atoms with Gasteiger partial charge in [-0.15, -0.1) is 0 Å². The van der Waals surface area contributed by atoms with Gasteiger partial charge in [-0.05, 0) is 51.1 Å². The molecule has 1 spiro atoms. The number of ether oxygens (including phenoxy) is 2. The fourth-order valence-electron chi connectivity index (χ4n) is 4.27. The summed E-state index contributed by atoms with van der Waals surface area (Å²) in [6, 6.07) is 0. The molecule has 1 atom stereocenters. The van der Waals surface area contributed by atoms with E-state index in [2.05, 4.69) is 11.8 Å². The molecule has 0 aromatic carbocycles. The average molecular weight is 284 g/mol. The van der Waals surface area contributed by atoms with Gasteiger partial charge in [0.1, 0.15) is 0 Å². The Morgan fingerprint density at radius 3 is 2.05 bits per heavy atom. The van der Waals surface area contributed by atoms with Crippen molar-refractivity contribution in [1.29, 1.82) is 0 Å². The Bertz CT molecular complexity index is 291. The highest BCUT2D eigenvalue weighted by molar-refractivity contribution is 4.97. The third kappa shape index (κ3) is 3.03. The number of piperidine rings is 1. The number of hydrogen-bond donors (Lipinski definition) is 1. The Labute approximate surface area is 124 Å². The first kappa shape index (κ1) is 16.2. The summed E-state index contributed by atoms with van der Waals surface area (Å²) in [5.41, 5.74) is 6.46. The Morgan fingerprint density at radius 1 is 1.05 bits per heavy atom. The summed E-state index contributed by atoms with van der Waals surface area (Å²) in [5, 5.41) is 0. The maximum absolute atomic E-state index is 6.06. The Hall–Kier alpha value is -0.160. The van der Waals surface area contributed by atoms with Gasteiger partial charge in [0.25, 0.3) is 0 Å². The molecule has 0 radical (unpaired) electrons. The van der Waals surface area contributed by atoms with E-state index in [1.54, 1.807) is 14.2 Å². The Kier molecular flexibility index (Phi) is 5.46. The van der Waals surface area contributed by atoms with Gasteiger partial charge >= 0.3 is 0 Å². The lowest BCUT2D eigenvalue weighted by Crippen LogP contribution is -2.62. The highest BCUT2D eigenvalue weighted by Crippen LogP contribution is 2.45. The molecule has 1 aliphatic carbocycles. The van der Waals surface area contributed by atoms with E-state index in [0.29, 0.717) is 12.0 Å². The largest absolute Gasteiger partial charge is 0.354 e. The van der Waals surface area contributed by atoms with Crippen LogP contribution in [-0.2, 0) is 9.47 Å². The molecule has 20 heavy (non-hydrogen) atoms. The van der Waals surface area contributed by atoms with Crippen LogP contribution in [0.3, 0.4) is 0 Å². The van der Waals surface area contributed by atoms with Gasteiger partial charge in [0.2, 0.25) is 0 Å². The van der Waals surface area contributed by atoms with Crippen molar-refractivity contribution in [3.8, 4) is 0 Å². The Balaban J connectivity index is 2.00. The minimum absolute atomic E-state index is 0.222. The summed E-state index contributed by atoms with van der Waals surface area (Å²) in [6.07, 6.45) is 9.50. The predicted octanol–water partition coefficient (Wildman–Crippen LogP) is 2.37. The summed E-state index contributed by atoms with van der Waals surface area (Å²) < 4.78 is 11.0. The van der Waals surface area contributed by atoms with Crippen LogP contribution >= 0.6 is 0 Å². The fraction of sp³-hybridized carbons (Fsp3) is 1.00. The zero-order valence-electron chi connectivity index (χ0n) is 13.5. The van der Waals surface area contributed by atoms with Gasteiger partial charge in [-0.3, -0.25) is 4.90 Å². The minimum atomic E-state index is -0.257. The molecule has 0 bridgehead atoms. The number of methoxy groups -OCH3 is 2. The van der Waals surface area contributed by atoms with Gasteiger partial charge in [0.05, 0.1) is 5.54 Å². The molecule has 1 saturated heterocycles. The van der Waals surface area contributed by atoms with E-state index in [9.17, 15) is 0 Å². The van der Waals surface area contributed by atoms with Gasteiger partial charge in [-0.1, -0.05) is 19.3 Å². The highest BCUT2D eigenvalue weighted by Gasteiger charge is 2.44. The first-order valence-corrected chi connectivity index (χ1v) is 8.11. The third-order valence-corrected chi connectivity index (χ3v) is 5.81. The second-order valence-corrected chi connectivity index (χ2v) is 6.91. The van der Waals surface area contributed by atoms with Crippen molar-refractivity contribution in [2.45, 2.75) is 63.7 Å². The van der Waals surface area contributed by atoms with Gasteiger partial charge in [0, 0.05) is 20.8 Å². The summed E-state index contributed by atoms with van der Waals surface area (Å²) in [7, 11) is 3.41. The highest BCUT2D eigenvalue weighted by atomic mass is 16.7. The molecule has 2 rings (SSSR count). The summed E-state index contributed by atoms with van der Waals surface area (Å²) in [6.45, 7) is 4.98. The lowest BCUT2D eigenvalue weighted by atomic mass is 9.67. The molecule has 0 aromatic rings. The lowest BCUT2D eigenvalue weighted by Gasteiger charge is -2.51. The molecule has 0 aromatic heterocycles. The van der Waals surface area contributed by atoms with Crippen molar-refractivity contribution >= 4 is 0 Å². The molecule has 1 heterocycles. The van der Waals surface area contributed by atoms with Gasteiger partial charge in [-0.25, -0.2) is 0 Å². The van der Waals surface area contributed by atoms with E-state index < -0.39 is 0 Å². The molecule has 2 N–H and O–H groups in total. The molecule has 1 aliphatic heterocycles. The number of nitrogens with zero attached hydrogens (tertiary/aromatic N) is 1. The number of rotatable bonds is 5. The van der Waals surface area contributed by atoms with Crippen molar-refractivity contribution in [2.24, 2.45) is 11.1 Å². The van der Waals surface area contributed by atoms with Crippen LogP contribution < -0.4 is 5.73 Å². The van der Waals surface area contributed by atoms with Gasteiger partial charge in [-0.2, -0.15) is 0 Å². The smallest absolute Gasteiger partial charge is 0.176 e. The van der Waals surface area contributed by atoms with E-state index in [1.807, 2.05) is 0 Å². The third-order valence-electron chi connectivity index (χ3n) is 5.81. The number of hydrogen-bond acceptors (Lipinski definition) is 4. The summed E-state index contributed by atoms with van der Waals surface area (Å²) in [4.78, 5) is 2.49. The molecule has 2 fully saturated rings. The second-order valence-electron chi connectivity index (χ2n) is 6.91. The fourth-order valence-corrected chi connectivity index (χ4v) is 4.27. The molecular formula is C16H32N2O2. The molecule has 1 saturated carbocycles. The maximum atomic E-state index is 6.06. The van der Waals surface area contributed by atoms with Crippen molar-refractivity contribution in [3.05, 3.63) is 0 Å². The van der Waals surface area contributed by atoms with Crippen LogP contribution in [0, 0.1) is 5.41 Å². The van der Waals surface area contributed by atoms with Crippen LogP contribution in [0.1, 0.15) is 51.9 Å². The first-order chi connectivity index (χ1) is 9.60. The normalized spacial score (nSPS) is 26.9. The van der Waals surface area contributed by atoms with Gasteiger partial charge < -0.3 is 15.2 Å². The van der Waals surface area contributed by atoms with Crippen LogP contribution in [0.25, 0.3) is 0 Å². The van der Waals surface area contributed by atoms with Crippen LogP contribution in [0.4, 0.5) is 0 Å². The number of likely N-dealkylation sites (tertiary alicyclic amines) is 1. The zero-order valence-corrected chi connectivity index (χ0v) is 13.5. The summed E-state index contributed by atoms with van der Waals surface area (Å²) >= 11 is 0. The van der Waals surface area contributed by atoms with E-state index >= 15 is 0 Å². The van der Waals surface area contributed by atoms with Crippen molar-refractivity contribution in [3.63, 3.8) is 0 Å². The first-order valence-electron chi connectivity index (χ1n) is 8.11. The van der Waals surface area contributed by atoms with Crippen LogP contribution in [-0.4, -0.2) is 50.6 Å². The van der Waals surface area contributed by atoms with Gasteiger partial charge in [0.15, 0.2) is 6.29 Å². The topological polar surface area (TPSA) is 47.7 Å². The molecule has 4 nitrogen and oxygen atoms in total. The van der Waals surface area contributed by atoms with Crippen molar-refractivity contribution < 1.29 is 9.47 Å². The lowest BCUT2D eigenvalue weighted by molar-refractivity contribution is -0.188. The summed E-state index contributed by atoms with van der Waals surface area (Å²) in [5.74, 6) is 0. The van der Waals surface area contributed by atoms with Crippen LogP contribution in [0.5, 0.6) is 0 Å². The van der Waals surface area contributed by atoms with E-state index in [4.69, 9.17) is 15.2 Å². The number of nitrogens with two attached hydrogens (primary N) is 1. The monoisotopic (exact) mass is 284 g/mol. The quantitative estimate of drug-likeness (QED) is 0.787. The maximum Gasteiger partial charge on any atom is 0.176 e. The standard InChI is InChI=1S/C16H32N2O2/c1-15(13-17,14(19-2)20-3)18-11-9-16(10-12-18)7-5-4-6-8-16/h14H,4-13,17H2,1-3H3. The van der Waals surface area contributed by atoms with E-state index in [1.165, 1.54) is 44.9 Å². The molecule has 0 amide bonds. The zero-order chi connectivity index (χ0) is 14.6. The van der Waals surface area contributed by atoms with E-state index in [0.717, 1.165) is 13.1 Å². The minimum Gasteiger partial charge on any atom is -0.354 e. The molecule has 118 valence electrons. The average Bonchev–Trinajstić information content (AvgIpc) is 2.49. The molecule has 4 heteroatoms.